The highest BCUT2D eigenvalue weighted by molar-refractivity contribution is 7.89. The first-order valence-electron chi connectivity index (χ1n) is 10.6. The first kappa shape index (κ1) is 23.3. The Labute approximate surface area is 186 Å². The maximum absolute atomic E-state index is 12.3. The van der Waals surface area contributed by atoms with Crippen molar-refractivity contribution >= 4 is 15.7 Å². The molecule has 3 rings (SSSR count). The fourth-order valence-electron chi connectivity index (χ4n) is 4.13. The Balaban J connectivity index is 1.80. The van der Waals surface area contributed by atoms with Crippen LogP contribution in [0.2, 0.25) is 0 Å². The molecular weight excluding hydrogens is 410 g/mol. The van der Waals surface area contributed by atoms with E-state index in [9.17, 15) is 13.5 Å². The molecule has 31 heavy (non-hydrogen) atoms. The van der Waals surface area contributed by atoms with Crippen molar-refractivity contribution in [3.8, 4) is 5.75 Å². The molecule has 0 spiro atoms. The highest BCUT2D eigenvalue weighted by Gasteiger charge is 2.28. The lowest BCUT2D eigenvalue weighted by Gasteiger charge is -2.45. The third-order valence-corrected chi connectivity index (χ3v) is 7.71. The van der Waals surface area contributed by atoms with E-state index in [1.807, 2.05) is 24.3 Å². The van der Waals surface area contributed by atoms with Crippen molar-refractivity contribution in [3.05, 3.63) is 66.2 Å². The van der Waals surface area contributed by atoms with Gasteiger partial charge in [0.1, 0.15) is 5.75 Å². The van der Waals surface area contributed by atoms with E-state index in [2.05, 4.69) is 36.3 Å². The first-order valence-corrected chi connectivity index (χ1v) is 12.0. The van der Waals surface area contributed by atoms with E-state index < -0.39 is 10.0 Å². The molecule has 0 amide bonds. The molecule has 1 heterocycles. The van der Waals surface area contributed by atoms with E-state index in [1.54, 1.807) is 18.2 Å². The predicted octanol–water partition coefficient (Wildman–Crippen LogP) is 3.32. The minimum atomic E-state index is -3.44. The van der Waals surface area contributed by atoms with Gasteiger partial charge >= 0.3 is 0 Å². The van der Waals surface area contributed by atoms with Crippen LogP contribution in [0.4, 0.5) is 5.69 Å². The number of rotatable bonds is 7. The number of piperazine rings is 1. The number of hydrogen-bond donors (Lipinski definition) is 1. The van der Waals surface area contributed by atoms with Crippen LogP contribution in [-0.2, 0) is 16.4 Å². The molecule has 0 bridgehead atoms. The van der Waals surface area contributed by atoms with Gasteiger partial charge in [-0.3, -0.25) is 4.90 Å². The second-order valence-corrected chi connectivity index (χ2v) is 10.7. The van der Waals surface area contributed by atoms with Crippen molar-refractivity contribution in [1.82, 2.24) is 9.21 Å². The minimum absolute atomic E-state index is 0.243. The topological polar surface area (TPSA) is 64.1 Å². The third kappa shape index (κ3) is 5.29. The van der Waals surface area contributed by atoms with Gasteiger partial charge in [0.15, 0.2) is 0 Å². The Morgan fingerprint density at radius 2 is 1.74 bits per heavy atom. The van der Waals surface area contributed by atoms with Crippen molar-refractivity contribution < 1.29 is 13.5 Å². The van der Waals surface area contributed by atoms with Gasteiger partial charge in [-0.2, -0.15) is 0 Å². The summed E-state index contributed by atoms with van der Waals surface area (Å²) in [6, 6.07) is 13.4. The van der Waals surface area contributed by atoms with E-state index in [4.69, 9.17) is 0 Å². The van der Waals surface area contributed by atoms with Gasteiger partial charge in [-0.25, -0.2) is 12.7 Å². The molecule has 1 aliphatic rings. The van der Waals surface area contributed by atoms with Gasteiger partial charge in [-0.05, 0) is 55.7 Å². The summed E-state index contributed by atoms with van der Waals surface area (Å²) >= 11 is 0. The van der Waals surface area contributed by atoms with Crippen molar-refractivity contribution in [2.24, 2.45) is 0 Å². The normalized spacial score (nSPS) is 20.2. The maximum Gasteiger partial charge on any atom is 0.242 e. The Hall–Kier alpha value is -2.35. The number of phenolic OH excluding ortho intramolecular Hbond substituents is 1. The number of sulfonamides is 1. The predicted molar refractivity (Wildman–Crippen MR) is 126 cm³/mol. The molecule has 1 fully saturated rings. The van der Waals surface area contributed by atoms with Gasteiger partial charge in [0, 0.05) is 57.6 Å². The van der Waals surface area contributed by atoms with Crippen LogP contribution in [0.15, 0.2) is 60.0 Å². The zero-order chi connectivity index (χ0) is 22.8. The van der Waals surface area contributed by atoms with E-state index in [1.165, 1.54) is 18.4 Å². The van der Waals surface area contributed by atoms with Crippen molar-refractivity contribution in [2.45, 2.75) is 37.2 Å². The van der Waals surface area contributed by atoms with Crippen LogP contribution in [0.25, 0.3) is 0 Å². The van der Waals surface area contributed by atoms with Crippen molar-refractivity contribution in [3.63, 3.8) is 0 Å². The molecule has 0 unspecified atom stereocenters. The molecule has 168 valence electrons. The summed E-state index contributed by atoms with van der Waals surface area (Å²) in [5.41, 5.74) is 3.00. The van der Waals surface area contributed by atoms with E-state index in [0.717, 1.165) is 36.4 Å². The highest BCUT2D eigenvalue weighted by Crippen LogP contribution is 2.29. The molecule has 2 atom stereocenters. The van der Waals surface area contributed by atoms with Crippen LogP contribution < -0.4 is 4.90 Å². The van der Waals surface area contributed by atoms with Gasteiger partial charge in [-0.15, -0.1) is 6.58 Å². The second-order valence-electron chi connectivity index (χ2n) is 8.56. The lowest BCUT2D eigenvalue weighted by molar-refractivity contribution is 0.184. The number of aromatic hydroxyl groups is 1. The molecule has 0 radical (unpaired) electrons. The monoisotopic (exact) mass is 443 g/mol. The molecule has 1 saturated heterocycles. The summed E-state index contributed by atoms with van der Waals surface area (Å²) in [7, 11) is -0.389. The Kier molecular flexibility index (Phi) is 7.09. The van der Waals surface area contributed by atoms with Crippen LogP contribution in [-0.4, -0.2) is 68.5 Å². The summed E-state index contributed by atoms with van der Waals surface area (Å²) in [5, 5.41) is 10.4. The number of phenols is 1. The van der Waals surface area contributed by atoms with Crippen LogP contribution in [0.3, 0.4) is 0 Å². The third-order valence-electron chi connectivity index (χ3n) is 5.88. The average Bonchev–Trinajstić information content (AvgIpc) is 2.70. The first-order chi connectivity index (χ1) is 14.6. The van der Waals surface area contributed by atoms with Crippen LogP contribution >= 0.6 is 0 Å². The molecule has 2 aromatic rings. The van der Waals surface area contributed by atoms with E-state index in [0.29, 0.717) is 18.5 Å². The average molecular weight is 444 g/mol. The SMILES string of the molecule is C=CCN1C[C@@H](C)N(c2cc(O)cc(Cc3ccc(S(=O)(=O)N(C)C)cc3)c2)C[C@@H]1C. The maximum atomic E-state index is 12.3. The summed E-state index contributed by atoms with van der Waals surface area (Å²) in [4.78, 5) is 5.04. The molecule has 1 aliphatic heterocycles. The van der Waals surface area contributed by atoms with E-state index in [-0.39, 0.29) is 10.6 Å². The summed E-state index contributed by atoms with van der Waals surface area (Å²) < 4.78 is 25.7. The van der Waals surface area contributed by atoms with Crippen LogP contribution in [0, 0.1) is 0 Å². The van der Waals surface area contributed by atoms with Crippen LogP contribution in [0.5, 0.6) is 5.75 Å². The lowest BCUT2D eigenvalue weighted by Crippen LogP contribution is -2.56. The molecule has 1 N–H and O–H groups in total. The summed E-state index contributed by atoms with van der Waals surface area (Å²) in [6.45, 7) is 11.0. The Morgan fingerprint density at radius 3 is 2.35 bits per heavy atom. The summed E-state index contributed by atoms with van der Waals surface area (Å²) in [5.74, 6) is 0.243. The van der Waals surface area contributed by atoms with Gasteiger partial charge < -0.3 is 10.0 Å². The second kappa shape index (κ2) is 9.42. The van der Waals surface area contributed by atoms with Gasteiger partial charge in [0.2, 0.25) is 10.0 Å². The quantitative estimate of drug-likeness (QED) is 0.665. The number of anilines is 1. The van der Waals surface area contributed by atoms with Gasteiger partial charge in [0.25, 0.3) is 0 Å². The van der Waals surface area contributed by atoms with Gasteiger partial charge in [0.05, 0.1) is 4.90 Å². The minimum Gasteiger partial charge on any atom is -0.508 e. The van der Waals surface area contributed by atoms with Crippen LogP contribution in [0.1, 0.15) is 25.0 Å². The standard InChI is InChI=1S/C24H33N3O3S/c1-6-11-26-16-19(3)27(17-18(26)2)22-13-21(14-23(28)15-22)12-20-7-9-24(10-8-20)31(29,30)25(4)5/h6-10,13-15,18-19,28H,1,11-12,16-17H2,2-5H3/t18-,19+/m0/s1. The number of benzene rings is 2. The Morgan fingerprint density at radius 1 is 1.06 bits per heavy atom. The summed E-state index contributed by atoms with van der Waals surface area (Å²) in [6.07, 6.45) is 2.56. The number of nitrogens with zero attached hydrogens (tertiary/aromatic N) is 3. The zero-order valence-electron chi connectivity index (χ0n) is 18.8. The lowest BCUT2D eigenvalue weighted by atomic mass is 10.0. The zero-order valence-corrected chi connectivity index (χ0v) is 19.6. The highest BCUT2D eigenvalue weighted by atomic mass is 32.2. The van der Waals surface area contributed by atoms with E-state index >= 15 is 0 Å². The molecule has 6 nitrogen and oxygen atoms in total. The fraction of sp³-hybridized carbons (Fsp3) is 0.417. The fourth-order valence-corrected chi connectivity index (χ4v) is 5.03. The molecular formula is C24H33N3O3S. The van der Waals surface area contributed by atoms with Gasteiger partial charge in [-0.1, -0.05) is 18.2 Å². The smallest absolute Gasteiger partial charge is 0.242 e. The van der Waals surface area contributed by atoms with Crippen molar-refractivity contribution in [1.29, 1.82) is 0 Å². The molecule has 2 aromatic carbocycles. The molecule has 7 heteroatoms. The molecule has 0 aliphatic carbocycles. The molecule has 0 saturated carbocycles. The van der Waals surface area contributed by atoms with Crippen molar-refractivity contribution in [2.75, 3.05) is 38.6 Å². The molecule has 0 aromatic heterocycles. The largest absolute Gasteiger partial charge is 0.508 e. The number of hydrogen-bond acceptors (Lipinski definition) is 5. The Bertz CT molecular complexity index is 1020.